The van der Waals surface area contributed by atoms with Crippen molar-refractivity contribution in [3.8, 4) is 0 Å². The summed E-state index contributed by atoms with van der Waals surface area (Å²) in [5.74, 6) is 0.842. The molecule has 3 aliphatic rings. The minimum Gasteiger partial charge on any atom is -0.392 e. The van der Waals surface area contributed by atoms with Crippen LogP contribution in [-0.2, 0) is 11.2 Å². The predicted octanol–water partition coefficient (Wildman–Crippen LogP) is 1.31. The summed E-state index contributed by atoms with van der Waals surface area (Å²) in [4.78, 5) is 16.3. The molecule has 1 aromatic rings. The zero-order chi connectivity index (χ0) is 13.7. The van der Waals surface area contributed by atoms with E-state index >= 15 is 0 Å². The molecule has 0 spiro atoms. The summed E-state index contributed by atoms with van der Waals surface area (Å²) < 4.78 is 0. The van der Waals surface area contributed by atoms with Crippen molar-refractivity contribution in [1.82, 2.24) is 10.2 Å². The van der Waals surface area contributed by atoms with Gasteiger partial charge in [-0.2, -0.15) is 0 Å². The number of β-amino-alcohol motifs (C(OH)–C–C–N with tert-alkyl or cyclic N) is 1. The van der Waals surface area contributed by atoms with E-state index in [1.54, 1.807) is 0 Å². The Kier molecular flexibility index (Phi) is 3.09. The Morgan fingerprint density at radius 1 is 1.45 bits per heavy atom. The van der Waals surface area contributed by atoms with E-state index in [4.69, 9.17) is 0 Å². The van der Waals surface area contributed by atoms with Crippen LogP contribution in [0.25, 0.3) is 0 Å². The summed E-state index contributed by atoms with van der Waals surface area (Å²) in [6.45, 7) is 1.38. The Labute approximate surface area is 122 Å². The van der Waals surface area contributed by atoms with Gasteiger partial charge in [-0.1, -0.05) is 0 Å². The SMILES string of the molecule is O=C(C1CC(O)CN1)N1CCc2sccc2C1C1CC1. The monoisotopic (exact) mass is 292 g/mol. The standard InChI is InChI=1S/C15H20N2O2S/c18-10-7-12(16-8-10)15(19)17-5-3-13-11(4-6-20-13)14(17)9-1-2-9/h4,6,9-10,12,14,16,18H,1-3,5,7-8H2. The molecule has 1 aromatic heterocycles. The number of aliphatic hydroxyl groups excluding tert-OH is 1. The van der Waals surface area contributed by atoms with E-state index in [1.807, 2.05) is 11.3 Å². The van der Waals surface area contributed by atoms with Gasteiger partial charge in [0.25, 0.3) is 0 Å². The van der Waals surface area contributed by atoms with Crippen LogP contribution in [0.4, 0.5) is 0 Å². The molecule has 20 heavy (non-hydrogen) atoms. The van der Waals surface area contributed by atoms with Gasteiger partial charge in [0.05, 0.1) is 18.2 Å². The quantitative estimate of drug-likeness (QED) is 0.864. The van der Waals surface area contributed by atoms with Crippen molar-refractivity contribution in [2.75, 3.05) is 13.1 Å². The Morgan fingerprint density at radius 3 is 3.00 bits per heavy atom. The molecular formula is C15H20N2O2S. The van der Waals surface area contributed by atoms with Crippen molar-refractivity contribution >= 4 is 17.2 Å². The molecule has 0 radical (unpaired) electrons. The van der Waals surface area contributed by atoms with Gasteiger partial charge in [-0.25, -0.2) is 0 Å². The molecule has 4 rings (SSSR count). The van der Waals surface area contributed by atoms with Gasteiger partial charge in [0.1, 0.15) is 0 Å². The van der Waals surface area contributed by atoms with Crippen LogP contribution < -0.4 is 5.32 Å². The smallest absolute Gasteiger partial charge is 0.240 e. The first-order chi connectivity index (χ1) is 9.74. The molecule has 2 aliphatic heterocycles. The highest BCUT2D eigenvalue weighted by Gasteiger charge is 2.44. The van der Waals surface area contributed by atoms with E-state index in [0.29, 0.717) is 18.9 Å². The molecular weight excluding hydrogens is 272 g/mol. The Bertz CT molecular complexity index is 526. The normalized spacial score (nSPS) is 33.2. The molecule has 1 saturated heterocycles. The van der Waals surface area contributed by atoms with E-state index in [-0.39, 0.29) is 24.1 Å². The molecule has 1 amide bonds. The van der Waals surface area contributed by atoms with Crippen LogP contribution in [0.1, 0.15) is 35.7 Å². The first kappa shape index (κ1) is 12.8. The zero-order valence-corrected chi connectivity index (χ0v) is 12.2. The fourth-order valence-electron chi connectivity index (χ4n) is 3.62. The molecule has 3 heterocycles. The third-order valence-corrected chi connectivity index (χ3v) is 5.77. The molecule has 3 atom stereocenters. The van der Waals surface area contributed by atoms with E-state index in [0.717, 1.165) is 13.0 Å². The van der Waals surface area contributed by atoms with Crippen LogP contribution in [-0.4, -0.2) is 41.1 Å². The summed E-state index contributed by atoms with van der Waals surface area (Å²) in [5, 5.41) is 14.9. The molecule has 1 aliphatic carbocycles. The molecule has 2 fully saturated rings. The summed E-state index contributed by atoms with van der Waals surface area (Å²) in [6, 6.07) is 2.31. The molecule has 3 unspecified atom stereocenters. The topological polar surface area (TPSA) is 52.6 Å². The first-order valence-electron chi connectivity index (χ1n) is 7.52. The summed E-state index contributed by atoms with van der Waals surface area (Å²) >= 11 is 1.83. The van der Waals surface area contributed by atoms with Gasteiger partial charge in [-0.15, -0.1) is 11.3 Å². The second-order valence-corrected chi connectivity index (χ2v) is 7.21. The second-order valence-electron chi connectivity index (χ2n) is 6.21. The minimum atomic E-state index is -0.371. The van der Waals surface area contributed by atoms with Gasteiger partial charge in [0.2, 0.25) is 5.91 Å². The highest BCUT2D eigenvalue weighted by Crippen LogP contribution is 2.48. The second kappa shape index (κ2) is 4.83. The molecule has 2 N–H and O–H groups in total. The average molecular weight is 292 g/mol. The van der Waals surface area contributed by atoms with Crippen LogP contribution in [0, 0.1) is 5.92 Å². The van der Waals surface area contributed by atoms with Gasteiger partial charge >= 0.3 is 0 Å². The fourth-order valence-corrected chi connectivity index (χ4v) is 4.53. The lowest BCUT2D eigenvalue weighted by molar-refractivity contribution is -0.136. The van der Waals surface area contributed by atoms with Gasteiger partial charge in [-0.3, -0.25) is 4.79 Å². The van der Waals surface area contributed by atoms with Crippen molar-refractivity contribution in [3.63, 3.8) is 0 Å². The van der Waals surface area contributed by atoms with Gasteiger partial charge in [0, 0.05) is 18.0 Å². The van der Waals surface area contributed by atoms with E-state index in [2.05, 4.69) is 21.7 Å². The fraction of sp³-hybridized carbons (Fsp3) is 0.667. The third-order valence-electron chi connectivity index (χ3n) is 4.77. The number of nitrogens with one attached hydrogen (secondary N) is 1. The number of carbonyl (C=O) groups is 1. The summed E-state index contributed by atoms with van der Waals surface area (Å²) in [6.07, 6.45) is 3.65. The van der Waals surface area contributed by atoms with E-state index < -0.39 is 0 Å². The largest absolute Gasteiger partial charge is 0.392 e. The Hall–Kier alpha value is -0.910. The lowest BCUT2D eigenvalue weighted by Crippen LogP contribution is -2.48. The van der Waals surface area contributed by atoms with Crippen LogP contribution in [0.15, 0.2) is 11.4 Å². The maximum Gasteiger partial charge on any atom is 0.240 e. The highest BCUT2D eigenvalue weighted by molar-refractivity contribution is 7.10. The number of fused-ring (bicyclic) bond motifs is 1. The molecule has 1 saturated carbocycles. The lowest BCUT2D eigenvalue weighted by Gasteiger charge is -2.37. The average Bonchev–Trinajstić information content (AvgIpc) is 3.00. The summed E-state index contributed by atoms with van der Waals surface area (Å²) in [5.41, 5.74) is 1.38. The van der Waals surface area contributed by atoms with Gasteiger partial charge < -0.3 is 15.3 Å². The Balaban J connectivity index is 1.59. The first-order valence-corrected chi connectivity index (χ1v) is 8.40. The molecule has 4 nitrogen and oxygen atoms in total. The number of thiophene rings is 1. The van der Waals surface area contributed by atoms with Crippen molar-refractivity contribution < 1.29 is 9.90 Å². The lowest BCUT2D eigenvalue weighted by atomic mass is 9.95. The van der Waals surface area contributed by atoms with Crippen LogP contribution in [0.2, 0.25) is 0 Å². The van der Waals surface area contributed by atoms with Crippen molar-refractivity contribution in [1.29, 1.82) is 0 Å². The molecule has 108 valence electrons. The van der Waals surface area contributed by atoms with Crippen molar-refractivity contribution in [2.45, 2.75) is 43.9 Å². The zero-order valence-electron chi connectivity index (χ0n) is 11.4. The molecule has 0 bridgehead atoms. The van der Waals surface area contributed by atoms with Gasteiger partial charge in [-0.05, 0) is 48.6 Å². The number of nitrogens with zero attached hydrogens (tertiary/aromatic N) is 1. The summed E-state index contributed by atoms with van der Waals surface area (Å²) in [7, 11) is 0. The minimum absolute atomic E-state index is 0.188. The van der Waals surface area contributed by atoms with E-state index in [9.17, 15) is 9.90 Å². The maximum atomic E-state index is 12.8. The van der Waals surface area contributed by atoms with E-state index in [1.165, 1.54) is 23.3 Å². The van der Waals surface area contributed by atoms with Gasteiger partial charge in [0.15, 0.2) is 0 Å². The Morgan fingerprint density at radius 2 is 2.30 bits per heavy atom. The third kappa shape index (κ3) is 2.08. The highest BCUT2D eigenvalue weighted by atomic mass is 32.1. The maximum absolute atomic E-state index is 12.8. The number of carbonyl (C=O) groups excluding carboxylic acids is 1. The number of amides is 1. The number of hydrogen-bond acceptors (Lipinski definition) is 4. The number of aliphatic hydroxyl groups is 1. The van der Waals surface area contributed by atoms with Crippen LogP contribution in [0.5, 0.6) is 0 Å². The predicted molar refractivity (Wildman–Crippen MR) is 77.6 cm³/mol. The van der Waals surface area contributed by atoms with Crippen LogP contribution in [0.3, 0.4) is 0 Å². The molecule has 0 aromatic carbocycles. The van der Waals surface area contributed by atoms with Crippen LogP contribution >= 0.6 is 11.3 Å². The van der Waals surface area contributed by atoms with Crippen molar-refractivity contribution in [3.05, 3.63) is 21.9 Å². The molecule has 5 heteroatoms. The number of rotatable bonds is 2. The van der Waals surface area contributed by atoms with Crippen molar-refractivity contribution in [2.24, 2.45) is 5.92 Å². The number of hydrogen-bond donors (Lipinski definition) is 2.